The minimum atomic E-state index is -1.07. The molecule has 0 aliphatic heterocycles. The van der Waals surface area contributed by atoms with Gasteiger partial charge < -0.3 is 20.4 Å². The molecular weight excluding hydrogens is 268 g/mol. The first-order valence-electron chi connectivity index (χ1n) is 7.00. The first kappa shape index (κ1) is 17.4. The second-order valence-corrected chi connectivity index (χ2v) is 4.95. The van der Waals surface area contributed by atoms with Gasteiger partial charge in [-0.3, -0.25) is 4.79 Å². The highest BCUT2D eigenvalue weighted by Crippen LogP contribution is 2.10. The second-order valence-electron chi connectivity index (χ2n) is 4.95. The normalized spacial score (nSPS) is 12.6. The number of likely N-dealkylation sites (N-methyl/N-ethyl adjacent to an activating group) is 1. The summed E-state index contributed by atoms with van der Waals surface area (Å²) in [6.07, 6.45) is 2.28. The standard InChI is InChI=1S/C16H24N2O3/c1-13-7-3-4-8-14(13)12-18(2)16(21)15(20)11-17-9-5-6-10-19/h3-8,15,17,19-20H,9-12H2,1-2H3/b6-5+. The van der Waals surface area contributed by atoms with Crippen molar-refractivity contribution in [2.45, 2.75) is 19.6 Å². The molecule has 0 aliphatic rings. The molecule has 1 amide bonds. The van der Waals surface area contributed by atoms with E-state index in [2.05, 4.69) is 5.32 Å². The van der Waals surface area contributed by atoms with Crippen molar-refractivity contribution in [1.82, 2.24) is 10.2 Å². The van der Waals surface area contributed by atoms with Crippen molar-refractivity contribution in [2.24, 2.45) is 0 Å². The molecule has 3 N–H and O–H groups in total. The average molecular weight is 292 g/mol. The highest BCUT2D eigenvalue weighted by molar-refractivity contribution is 5.80. The van der Waals surface area contributed by atoms with E-state index < -0.39 is 6.10 Å². The number of nitrogens with one attached hydrogen (secondary N) is 1. The Morgan fingerprint density at radius 3 is 2.76 bits per heavy atom. The van der Waals surface area contributed by atoms with Crippen LogP contribution < -0.4 is 5.32 Å². The Bertz CT molecular complexity index is 474. The first-order valence-corrected chi connectivity index (χ1v) is 7.00. The topological polar surface area (TPSA) is 72.8 Å². The van der Waals surface area contributed by atoms with Gasteiger partial charge in [0.05, 0.1) is 6.61 Å². The Balaban J connectivity index is 2.42. The summed E-state index contributed by atoms with van der Waals surface area (Å²) in [5, 5.41) is 21.4. The lowest BCUT2D eigenvalue weighted by Gasteiger charge is -2.21. The van der Waals surface area contributed by atoms with Crippen molar-refractivity contribution in [3.63, 3.8) is 0 Å². The lowest BCUT2D eigenvalue weighted by molar-refractivity contribution is -0.139. The maximum absolute atomic E-state index is 12.1. The minimum absolute atomic E-state index is 0.0116. The highest BCUT2D eigenvalue weighted by atomic mass is 16.3. The van der Waals surface area contributed by atoms with Crippen LogP contribution in [0.2, 0.25) is 0 Å². The van der Waals surface area contributed by atoms with Crippen molar-refractivity contribution in [3.05, 3.63) is 47.5 Å². The summed E-state index contributed by atoms with van der Waals surface area (Å²) >= 11 is 0. The molecule has 0 spiro atoms. The summed E-state index contributed by atoms with van der Waals surface area (Å²) in [5.74, 6) is -0.308. The average Bonchev–Trinajstić information content (AvgIpc) is 2.48. The van der Waals surface area contributed by atoms with E-state index in [0.717, 1.165) is 11.1 Å². The van der Waals surface area contributed by atoms with E-state index in [-0.39, 0.29) is 19.1 Å². The largest absolute Gasteiger partial charge is 0.392 e. The summed E-state index contributed by atoms with van der Waals surface area (Å²) in [5.41, 5.74) is 2.19. The van der Waals surface area contributed by atoms with Crippen LogP contribution in [0.15, 0.2) is 36.4 Å². The molecule has 0 bridgehead atoms. The van der Waals surface area contributed by atoms with Crippen LogP contribution in [0.3, 0.4) is 0 Å². The van der Waals surface area contributed by atoms with Crippen LogP contribution in [0.25, 0.3) is 0 Å². The molecule has 0 radical (unpaired) electrons. The number of hydrogen-bond donors (Lipinski definition) is 3. The quantitative estimate of drug-likeness (QED) is 0.480. The third-order valence-corrected chi connectivity index (χ3v) is 3.20. The Morgan fingerprint density at radius 1 is 1.38 bits per heavy atom. The molecule has 1 aromatic rings. The van der Waals surface area contributed by atoms with Crippen LogP contribution in [0.4, 0.5) is 0 Å². The van der Waals surface area contributed by atoms with Gasteiger partial charge in [0.15, 0.2) is 0 Å². The van der Waals surface area contributed by atoms with Crippen molar-refractivity contribution >= 4 is 5.91 Å². The Hall–Kier alpha value is -1.69. The molecular formula is C16H24N2O3. The van der Waals surface area contributed by atoms with E-state index in [9.17, 15) is 9.90 Å². The Kier molecular flexibility index (Phi) is 7.68. The SMILES string of the molecule is Cc1ccccc1CN(C)C(=O)C(O)CNC/C=C/CO. The van der Waals surface area contributed by atoms with Gasteiger partial charge >= 0.3 is 0 Å². The maximum Gasteiger partial charge on any atom is 0.252 e. The molecule has 0 aliphatic carbocycles. The number of nitrogens with zero attached hydrogens (tertiary/aromatic N) is 1. The Labute approximate surface area is 125 Å². The van der Waals surface area contributed by atoms with Crippen LogP contribution in [-0.4, -0.2) is 53.9 Å². The molecule has 116 valence electrons. The number of carbonyl (C=O) groups excluding carboxylic acids is 1. The zero-order valence-electron chi connectivity index (χ0n) is 12.6. The molecule has 0 fully saturated rings. The third-order valence-electron chi connectivity index (χ3n) is 3.20. The van der Waals surface area contributed by atoms with Crippen molar-refractivity contribution < 1.29 is 15.0 Å². The van der Waals surface area contributed by atoms with Crippen LogP contribution in [0.1, 0.15) is 11.1 Å². The van der Waals surface area contributed by atoms with Gasteiger partial charge in [-0.1, -0.05) is 36.4 Å². The minimum Gasteiger partial charge on any atom is -0.392 e. The van der Waals surface area contributed by atoms with Crippen LogP contribution in [0.5, 0.6) is 0 Å². The van der Waals surface area contributed by atoms with E-state index in [1.807, 2.05) is 31.2 Å². The summed E-state index contributed by atoms with van der Waals surface area (Å²) in [7, 11) is 1.68. The van der Waals surface area contributed by atoms with Crippen molar-refractivity contribution in [1.29, 1.82) is 0 Å². The van der Waals surface area contributed by atoms with Gasteiger partial charge in [-0.2, -0.15) is 0 Å². The van der Waals surface area contributed by atoms with Crippen LogP contribution in [0, 0.1) is 6.92 Å². The second kappa shape index (κ2) is 9.28. The third kappa shape index (κ3) is 6.08. The van der Waals surface area contributed by atoms with Gasteiger partial charge in [-0.25, -0.2) is 0 Å². The van der Waals surface area contributed by atoms with Gasteiger partial charge in [0, 0.05) is 26.7 Å². The maximum atomic E-state index is 12.1. The smallest absolute Gasteiger partial charge is 0.252 e. The zero-order chi connectivity index (χ0) is 15.7. The number of amides is 1. The Morgan fingerprint density at radius 2 is 2.10 bits per heavy atom. The van der Waals surface area contributed by atoms with Crippen LogP contribution >= 0.6 is 0 Å². The van der Waals surface area contributed by atoms with Gasteiger partial charge in [0.25, 0.3) is 5.91 Å². The molecule has 1 aromatic carbocycles. The zero-order valence-corrected chi connectivity index (χ0v) is 12.6. The number of benzene rings is 1. The molecule has 1 unspecified atom stereocenters. The number of carbonyl (C=O) groups is 1. The van der Waals surface area contributed by atoms with Crippen LogP contribution in [-0.2, 0) is 11.3 Å². The van der Waals surface area contributed by atoms with Gasteiger partial charge in [-0.05, 0) is 18.1 Å². The highest BCUT2D eigenvalue weighted by Gasteiger charge is 2.19. The van der Waals surface area contributed by atoms with Gasteiger partial charge in [0.2, 0.25) is 0 Å². The number of hydrogen-bond acceptors (Lipinski definition) is 4. The number of rotatable bonds is 8. The monoisotopic (exact) mass is 292 g/mol. The first-order chi connectivity index (χ1) is 10.1. The molecule has 0 aromatic heterocycles. The summed E-state index contributed by atoms with van der Waals surface area (Å²) in [4.78, 5) is 13.6. The summed E-state index contributed by atoms with van der Waals surface area (Å²) < 4.78 is 0. The molecule has 5 nitrogen and oxygen atoms in total. The van der Waals surface area contributed by atoms with E-state index in [1.54, 1.807) is 19.2 Å². The number of aliphatic hydroxyl groups is 2. The molecule has 0 saturated heterocycles. The lowest BCUT2D eigenvalue weighted by atomic mass is 10.1. The predicted octanol–water partition coefficient (Wildman–Crippen LogP) is 0.452. The van der Waals surface area contributed by atoms with Crippen molar-refractivity contribution in [2.75, 3.05) is 26.7 Å². The van der Waals surface area contributed by atoms with E-state index in [4.69, 9.17) is 5.11 Å². The predicted molar refractivity (Wildman–Crippen MR) is 82.8 cm³/mol. The molecule has 21 heavy (non-hydrogen) atoms. The fourth-order valence-corrected chi connectivity index (χ4v) is 1.92. The number of aryl methyl sites for hydroxylation is 1. The number of aliphatic hydroxyl groups excluding tert-OH is 2. The molecule has 0 heterocycles. The molecule has 5 heteroatoms. The molecule has 1 rings (SSSR count). The lowest BCUT2D eigenvalue weighted by Crippen LogP contribution is -2.41. The fraction of sp³-hybridized carbons (Fsp3) is 0.438. The molecule has 1 atom stereocenters. The van der Waals surface area contributed by atoms with Gasteiger partial charge in [-0.15, -0.1) is 0 Å². The van der Waals surface area contributed by atoms with Crippen molar-refractivity contribution in [3.8, 4) is 0 Å². The molecule has 0 saturated carbocycles. The van der Waals surface area contributed by atoms with E-state index >= 15 is 0 Å². The van der Waals surface area contributed by atoms with Gasteiger partial charge in [0.1, 0.15) is 6.10 Å². The van der Waals surface area contributed by atoms with E-state index in [1.165, 1.54) is 4.90 Å². The van der Waals surface area contributed by atoms with E-state index in [0.29, 0.717) is 13.1 Å². The fourth-order valence-electron chi connectivity index (χ4n) is 1.92. The summed E-state index contributed by atoms with van der Waals surface area (Å²) in [6.45, 7) is 3.16. The summed E-state index contributed by atoms with van der Waals surface area (Å²) in [6, 6.07) is 7.87.